The summed E-state index contributed by atoms with van der Waals surface area (Å²) in [5.41, 5.74) is 9.05. The van der Waals surface area contributed by atoms with Gasteiger partial charge in [0, 0.05) is 24.5 Å². The fourth-order valence-electron chi connectivity index (χ4n) is 3.52. The molecule has 0 atom stereocenters. The van der Waals surface area contributed by atoms with E-state index < -0.39 is 0 Å². The van der Waals surface area contributed by atoms with Crippen molar-refractivity contribution in [2.75, 3.05) is 38.5 Å². The Bertz CT molecular complexity index is 1060. The second-order valence-electron chi connectivity index (χ2n) is 6.60. The number of rotatable bonds is 4. The molecule has 0 fully saturated rings. The highest BCUT2D eigenvalue weighted by molar-refractivity contribution is 5.91. The van der Waals surface area contributed by atoms with Crippen LogP contribution in [0.2, 0.25) is 0 Å². The van der Waals surface area contributed by atoms with Crippen LogP contribution in [-0.4, -0.2) is 42.9 Å². The summed E-state index contributed by atoms with van der Waals surface area (Å²) in [6.45, 7) is 1.31. The van der Waals surface area contributed by atoms with Gasteiger partial charge in [-0.15, -0.1) is 12.4 Å². The van der Waals surface area contributed by atoms with E-state index in [1.165, 1.54) is 0 Å². The molecule has 29 heavy (non-hydrogen) atoms. The molecule has 2 heterocycles. The number of hydrogen-bond acceptors (Lipinski definition) is 8. The first kappa shape index (κ1) is 20.6. The number of fused-ring (bicyclic) bond motifs is 2. The number of methoxy groups -OCH3 is 3. The fourth-order valence-corrected chi connectivity index (χ4v) is 3.52. The molecule has 2 aromatic carbocycles. The van der Waals surface area contributed by atoms with Gasteiger partial charge in [-0.05, 0) is 35.7 Å². The van der Waals surface area contributed by atoms with E-state index >= 15 is 0 Å². The zero-order valence-corrected chi connectivity index (χ0v) is 17.2. The van der Waals surface area contributed by atoms with Crippen LogP contribution in [0.1, 0.15) is 11.1 Å². The molecule has 0 unspecified atom stereocenters. The fraction of sp³-hybridized carbons (Fsp3) is 0.300. The third-order valence-electron chi connectivity index (χ3n) is 5.01. The minimum Gasteiger partial charge on any atom is -0.504 e. The van der Waals surface area contributed by atoms with Crippen LogP contribution in [0.15, 0.2) is 24.3 Å². The Hall–Kier alpha value is -3.13. The number of anilines is 2. The molecule has 1 aromatic heterocycles. The van der Waals surface area contributed by atoms with Crippen LogP contribution < -0.4 is 24.8 Å². The maximum absolute atomic E-state index is 10.1. The Labute approximate surface area is 174 Å². The van der Waals surface area contributed by atoms with Crippen molar-refractivity contribution in [2.45, 2.75) is 13.0 Å². The van der Waals surface area contributed by atoms with Gasteiger partial charge in [0.1, 0.15) is 5.82 Å². The first-order chi connectivity index (χ1) is 13.5. The van der Waals surface area contributed by atoms with Gasteiger partial charge in [-0.1, -0.05) is 0 Å². The molecule has 0 spiro atoms. The summed E-state index contributed by atoms with van der Waals surface area (Å²) >= 11 is 0. The van der Waals surface area contributed by atoms with E-state index in [1.54, 1.807) is 39.5 Å². The van der Waals surface area contributed by atoms with Crippen molar-refractivity contribution < 1.29 is 19.3 Å². The smallest absolute Gasteiger partial charge is 0.228 e. The molecule has 3 aromatic rings. The van der Waals surface area contributed by atoms with Crippen molar-refractivity contribution in [2.24, 2.45) is 0 Å². The first-order valence-corrected chi connectivity index (χ1v) is 8.87. The predicted molar refractivity (Wildman–Crippen MR) is 114 cm³/mol. The number of phenolic OH excluding ortho intramolecular Hbond substituents is 1. The monoisotopic (exact) mass is 418 g/mol. The number of phenols is 1. The second kappa shape index (κ2) is 8.08. The van der Waals surface area contributed by atoms with Gasteiger partial charge in [0.05, 0.1) is 26.8 Å². The second-order valence-corrected chi connectivity index (χ2v) is 6.60. The largest absolute Gasteiger partial charge is 0.504 e. The quantitative estimate of drug-likeness (QED) is 0.666. The van der Waals surface area contributed by atoms with Crippen LogP contribution in [0, 0.1) is 0 Å². The molecule has 9 heteroatoms. The van der Waals surface area contributed by atoms with Gasteiger partial charge in [-0.3, -0.25) is 0 Å². The Morgan fingerprint density at radius 3 is 2.31 bits per heavy atom. The molecular weight excluding hydrogens is 396 g/mol. The SMILES string of the molecule is COc1cc2c(cc1O)CN(c1nc(N)c3cc(OC)c(OC)cc3n1)CC2.Cl. The lowest BCUT2D eigenvalue weighted by atomic mass is 9.99. The minimum atomic E-state index is 0. The van der Waals surface area contributed by atoms with Gasteiger partial charge >= 0.3 is 0 Å². The molecule has 0 bridgehead atoms. The van der Waals surface area contributed by atoms with Gasteiger partial charge in [0.15, 0.2) is 23.0 Å². The van der Waals surface area contributed by atoms with Crippen LogP contribution in [0.5, 0.6) is 23.0 Å². The Kier molecular flexibility index (Phi) is 5.74. The summed E-state index contributed by atoms with van der Waals surface area (Å²) in [5.74, 6) is 2.69. The molecule has 0 radical (unpaired) electrons. The van der Waals surface area contributed by atoms with Gasteiger partial charge in [-0.2, -0.15) is 4.98 Å². The number of nitrogens with two attached hydrogens (primary N) is 1. The molecule has 0 amide bonds. The zero-order valence-electron chi connectivity index (χ0n) is 16.4. The third-order valence-corrected chi connectivity index (χ3v) is 5.01. The van der Waals surface area contributed by atoms with Crippen molar-refractivity contribution in [3.8, 4) is 23.0 Å². The molecule has 0 aliphatic carbocycles. The van der Waals surface area contributed by atoms with Crippen molar-refractivity contribution >= 4 is 35.1 Å². The van der Waals surface area contributed by atoms with Gasteiger partial charge in [0.25, 0.3) is 0 Å². The number of hydrogen-bond donors (Lipinski definition) is 2. The van der Waals surface area contributed by atoms with Crippen LogP contribution in [-0.2, 0) is 13.0 Å². The Balaban J connectivity index is 0.00000240. The lowest BCUT2D eigenvalue weighted by molar-refractivity contribution is 0.356. The number of aromatic hydroxyl groups is 1. The Morgan fingerprint density at radius 1 is 0.931 bits per heavy atom. The van der Waals surface area contributed by atoms with Gasteiger partial charge < -0.3 is 30.0 Å². The number of aromatic nitrogens is 2. The molecular formula is C20H23ClN4O4. The Morgan fingerprint density at radius 2 is 1.62 bits per heavy atom. The summed E-state index contributed by atoms with van der Waals surface area (Å²) in [6.07, 6.45) is 0.791. The lowest BCUT2D eigenvalue weighted by Crippen LogP contribution is -2.32. The average Bonchev–Trinajstić information content (AvgIpc) is 2.71. The summed E-state index contributed by atoms with van der Waals surface area (Å²) < 4.78 is 15.9. The highest BCUT2D eigenvalue weighted by atomic mass is 35.5. The molecule has 8 nitrogen and oxygen atoms in total. The van der Waals surface area contributed by atoms with Crippen molar-refractivity contribution in [1.29, 1.82) is 0 Å². The molecule has 3 N–H and O–H groups in total. The number of halogens is 1. The number of benzene rings is 2. The number of ether oxygens (including phenoxy) is 3. The maximum atomic E-state index is 10.1. The number of nitrogens with zero attached hydrogens (tertiary/aromatic N) is 3. The molecule has 4 rings (SSSR count). The molecule has 0 saturated carbocycles. The van der Waals surface area contributed by atoms with Crippen molar-refractivity contribution in [3.05, 3.63) is 35.4 Å². The van der Waals surface area contributed by atoms with E-state index in [-0.39, 0.29) is 18.2 Å². The van der Waals surface area contributed by atoms with Crippen LogP contribution in [0.4, 0.5) is 11.8 Å². The standard InChI is InChI=1S/C20H22N4O4.ClH/c1-26-16-7-11-4-5-24(10-12(11)6-15(16)25)20-22-14-9-18(28-3)17(27-2)8-13(14)19(21)23-20;/h6-9,25H,4-5,10H2,1-3H3,(H2,21,22,23);1H. The lowest BCUT2D eigenvalue weighted by Gasteiger charge is -2.29. The van der Waals surface area contributed by atoms with Gasteiger partial charge in [-0.25, -0.2) is 4.98 Å². The highest BCUT2D eigenvalue weighted by Crippen LogP contribution is 2.36. The van der Waals surface area contributed by atoms with Crippen molar-refractivity contribution in [1.82, 2.24) is 9.97 Å². The maximum Gasteiger partial charge on any atom is 0.228 e. The molecule has 0 saturated heterocycles. The van der Waals surface area contributed by atoms with E-state index in [9.17, 15) is 5.11 Å². The topological polar surface area (TPSA) is 103 Å². The first-order valence-electron chi connectivity index (χ1n) is 8.87. The van der Waals surface area contributed by atoms with Gasteiger partial charge in [0.2, 0.25) is 5.95 Å². The summed E-state index contributed by atoms with van der Waals surface area (Å²) in [6, 6.07) is 7.20. The highest BCUT2D eigenvalue weighted by Gasteiger charge is 2.22. The van der Waals surface area contributed by atoms with E-state index in [0.29, 0.717) is 46.5 Å². The summed E-state index contributed by atoms with van der Waals surface area (Å²) in [4.78, 5) is 11.2. The summed E-state index contributed by atoms with van der Waals surface area (Å²) in [7, 11) is 4.70. The van der Waals surface area contributed by atoms with E-state index in [0.717, 1.165) is 24.1 Å². The van der Waals surface area contributed by atoms with E-state index in [1.807, 2.05) is 11.0 Å². The van der Waals surface area contributed by atoms with E-state index in [2.05, 4.69) is 9.97 Å². The van der Waals surface area contributed by atoms with Crippen LogP contribution >= 0.6 is 12.4 Å². The normalized spacial score (nSPS) is 12.9. The third kappa shape index (κ3) is 3.63. The summed E-state index contributed by atoms with van der Waals surface area (Å²) in [5, 5.41) is 10.8. The molecule has 1 aliphatic rings. The predicted octanol–water partition coefficient (Wildman–Crippen LogP) is 2.93. The van der Waals surface area contributed by atoms with Crippen molar-refractivity contribution in [3.63, 3.8) is 0 Å². The minimum absolute atomic E-state index is 0. The number of nitrogen functional groups attached to an aromatic ring is 1. The molecule has 1 aliphatic heterocycles. The van der Waals surface area contributed by atoms with E-state index in [4.69, 9.17) is 19.9 Å². The van der Waals surface area contributed by atoms with Crippen LogP contribution in [0.25, 0.3) is 10.9 Å². The zero-order chi connectivity index (χ0) is 19.8. The average molecular weight is 419 g/mol. The van der Waals surface area contributed by atoms with Crippen LogP contribution in [0.3, 0.4) is 0 Å². The molecule has 154 valence electrons.